The minimum atomic E-state index is -0.843. The molecule has 0 aliphatic carbocycles. The molecule has 5 heteroatoms. The molecular formula is C12H16N2O3. The predicted molar refractivity (Wildman–Crippen MR) is 63.4 cm³/mol. The molecule has 0 radical (unpaired) electrons. The quantitative estimate of drug-likeness (QED) is 0.668. The molecule has 92 valence electrons. The van der Waals surface area contributed by atoms with Crippen LogP contribution >= 0.6 is 0 Å². The first-order chi connectivity index (χ1) is 8.00. The fraction of sp³-hybridized carbons (Fsp3) is 0.333. The monoisotopic (exact) mass is 236 g/mol. The van der Waals surface area contributed by atoms with Crippen molar-refractivity contribution in [2.24, 2.45) is 5.73 Å². The number of rotatable bonds is 6. The molecule has 17 heavy (non-hydrogen) atoms. The Hall–Kier alpha value is -1.88. The number of nitrogens with two attached hydrogens (primary N) is 1. The first-order valence-electron chi connectivity index (χ1n) is 5.31. The molecule has 1 atom stereocenters. The third-order valence-electron chi connectivity index (χ3n) is 2.48. The van der Waals surface area contributed by atoms with E-state index in [0.29, 0.717) is 6.54 Å². The van der Waals surface area contributed by atoms with Crippen molar-refractivity contribution in [1.29, 1.82) is 0 Å². The average Bonchev–Trinajstić information content (AvgIpc) is 2.28. The van der Waals surface area contributed by atoms with Crippen LogP contribution in [0.2, 0.25) is 0 Å². The van der Waals surface area contributed by atoms with E-state index in [2.05, 4.69) is 5.32 Å². The Morgan fingerprint density at radius 1 is 1.35 bits per heavy atom. The van der Waals surface area contributed by atoms with Gasteiger partial charge in [-0.15, -0.1) is 0 Å². The van der Waals surface area contributed by atoms with Crippen LogP contribution in [0.4, 0.5) is 0 Å². The van der Waals surface area contributed by atoms with Gasteiger partial charge in [-0.1, -0.05) is 24.3 Å². The minimum absolute atomic E-state index is 0.132. The SMILES string of the molecule is CC(C(=O)O)c1ccc(CNCC(N)=O)cc1. The lowest BCUT2D eigenvalue weighted by molar-refractivity contribution is -0.138. The summed E-state index contributed by atoms with van der Waals surface area (Å²) in [6.07, 6.45) is 0. The standard InChI is InChI=1S/C12H16N2O3/c1-8(12(16)17)10-4-2-9(3-5-10)6-14-7-11(13)15/h2-5,8,14H,6-7H2,1H3,(H2,13,15)(H,16,17). The average molecular weight is 236 g/mol. The number of primary amides is 1. The second kappa shape index (κ2) is 6.00. The largest absolute Gasteiger partial charge is 0.481 e. The van der Waals surface area contributed by atoms with Crippen molar-refractivity contribution in [3.05, 3.63) is 35.4 Å². The van der Waals surface area contributed by atoms with E-state index in [1.54, 1.807) is 19.1 Å². The fourth-order valence-electron chi connectivity index (χ4n) is 1.40. The topological polar surface area (TPSA) is 92.4 Å². The molecule has 5 nitrogen and oxygen atoms in total. The van der Waals surface area contributed by atoms with E-state index in [-0.39, 0.29) is 6.54 Å². The van der Waals surface area contributed by atoms with Crippen molar-refractivity contribution in [2.75, 3.05) is 6.54 Å². The van der Waals surface area contributed by atoms with Crippen LogP contribution in [0.3, 0.4) is 0 Å². The highest BCUT2D eigenvalue weighted by Crippen LogP contribution is 2.15. The number of carboxylic acids is 1. The molecule has 0 aromatic heterocycles. The van der Waals surface area contributed by atoms with Crippen LogP contribution in [0.25, 0.3) is 0 Å². The minimum Gasteiger partial charge on any atom is -0.481 e. The van der Waals surface area contributed by atoms with E-state index in [1.165, 1.54) is 0 Å². The first-order valence-corrected chi connectivity index (χ1v) is 5.31. The number of nitrogens with one attached hydrogen (secondary N) is 1. The van der Waals surface area contributed by atoms with E-state index < -0.39 is 17.8 Å². The van der Waals surface area contributed by atoms with Gasteiger partial charge in [0.1, 0.15) is 0 Å². The molecule has 0 aliphatic rings. The van der Waals surface area contributed by atoms with Gasteiger partial charge in [0, 0.05) is 6.54 Å². The van der Waals surface area contributed by atoms with Gasteiger partial charge in [-0.2, -0.15) is 0 Å². The summed E-state index contributed by atoms with van der Waals surface area (Å²) < 4.78 is 0. The molecule has 1 rings (SSSR count). The van der Waals surface area contributed by atoms with Crippen LogP contribution in [0, 0.1) is 0 Å². The molecule has 0 spiro atoms. The number of hydrogen-bond donors (Lipinski definition) is 3. The predicted octanol–water partition coefficient (Wildman–Crippen LogP) is 0.450. The Morgan fingerprint density at radius 2 is 1.94 bits per heavy atom. The number of hydrogen-bond acceptors (Lipinski definition) is 3. The van der Waals surface area contributed by atoms with E-state index in [4.69, 9.17) is 10.8 Å². The van der Waals surface area contributed by atoms with Gasteiger partial charge in [0.05, 0.1) is 12.5 Å². The van der Waals surface area contributed by atoms with Crippen LogP contribution in [0.5, 0.6) is 0 Å². The van der Waals surface area contributed by atoms with Crippen molar-refractivity contribution in [3.63, 3.8) is 0 Å². The zero-order valence-electron chi connectivity index (χ0n) is 9.64. The molecule has 0 fully saturated rings. The van der Waals surface area contributed by atoms with Gasteiger partial charge in [-0.25, -0.2) is 0 Å². The van der Waals surface area contributed by atoms with Crippen LogP contribution in [-0.4, -0.2) is 23.5 Å². The lowest BCUT2D eigenvalue weighted by Crippen LogP contribution is -2.28. The molecule has 0 bridgehead atoms. The fourth-order valence-corrected chi connectivity index (χ4v) is 1.40. The van der Waals surface area contributed by atoms with E-state index in [0.717, 1.165) is 11.1 Å². The molecule has 1 aromatic carbocycles. The first kappa shape index (κ1) is 13.2. The summed E-state index contributed by atoms with van der Waals surface area (Å²) in [5.74, 6) is -1.76. The Kier molecular flexibility index (Phi) is 4.66. The Balaban J connectivity index is 2.56. The number of carboxylic acid groups (broad SMARTS) is 1. The number of aliphatic carboxylic acids is 1. The maximum absolute atomic E-state index is 10.8. The third-order valence-corrected chi connectivity index (χ3v) is 2.48. The van der Waals surface area contributed by atoms with Gasteiger partial charge in [0.15, 0.2) is 0 Å². The zero-order chi connectivity index (χ0) is 12.8. The molecular weight excluding hydrogens is 220 g/mol. The highest BCUT2D eigenvalue weighted by Gasteiger charge is 2.12. The number of carbonyl (C=O) groups excluding carboxylic acids is 1. The summed E-state index contributed by atoms with van der Waals surface area (Å²) in [5, 5.41) is 11.7. The van der Waals surface area contributed by atoms with Crippen LogP contribution < -0.4 is 11.1 Å². The van der Waals surface area contributed by atoms with Crippen molar-refractivity contribution in [2.45, 2.75) is 19.4 Å². The molecule has 0 saturated carbocycles. The summed E-state index contributed by atoms with van der Waals surface area (Å²) in [6.45, 7) is 2.31. The maximum Gasteiger partial charge on any atom is 0.310 e. The normalized spacial score (nSPS) is 12.1. The number of carbonyl (C=O) groups is 2. The van der Waals surface area contributed by atoms with Crippen LogP contribution in [0.1, 0.15) is 24.0 Å². The van der Waals surface area contributed by atoms with E-state index in [1.807, 2.05) is 12.1 Å². The smallest absolute Gasteiger partial charge is 0.310 e. The summed E-state index contributed by atoms with van der Waals surface area (Å²) >= 11 is 0. The van der Waals surface area contributed by atoms with Crippen molar-refractivity contribution in [3.8, 4) is 0 Å². The van der Waals surface area contributed by atoms with Gasteiger partial charge < -0.3 is 16.2 Å². The molecule has 1 amide bonds. The van der Waals surface area contributed by atoms with E-state index in [9.17, 15) is 9.59 Å². The zero-order valence-corrected chi connectivity index (χ0v) is 9.64. The van der Waals surface area contributed by atoms with Crippen molar-refractivity contribution >= 4 is 11.9 Å². The van der Waals surface area contributed by atoms with Gasteiger partial charge in [-0.05, 0) is 18.1 Å². The molecule has 4 N–H and O–H groups in total. The van der Waals surface area contributed by atoms with Gasteiger partial charge in [-0.3, -0.25) is 9.59 Å². The Morgan fingerprint density at radius 3 is 2.41 bits per heavy atom. The van der Waals surface area contributed by atoms with Gasteiger partial charge in [0.25, 0.3) is 0 Å². The summed E-state index contributed by atoms with van der Waals surface area (Å²) in [6, 6.07) is 7.23. The highest BCUT2D eigenvalue weighted by atomic mass is 16.4. The third kappa shape index (κ3) is 4.24. The van der Waals surface area contributed by atoms with Crippen molar-refractivity contribution < 1.29 is 14.7 Å². The summed E-state index contributed by atoms with van der Waals surface area (Å²) in [4.78, 5) is 21.3. The molecule has 0 saturated heterocycles. The van der Waals surface area contributed by atoms with Gasteiger partial charge in [0.2, 0.25) is 5.91 Å². The lowest BCUT2D eigenvalue weighted by atomic mass is 10.0. The molecule has 0 aliphatic heterocycles. The number of benzene rings is 1. The Labute approximate surface area is 99.6 Å². The summed E-state index contributed by atoms with van der Waals surface area (Å²) in [5.41, 5.74) is 6.73. The number of amides is 1. The molecule has 1 aromatic rings. The molecule has 0 heterocycles. The van der Waals surface area contributed by atoms with E-state index >= 15 is 0 Å². The van der Waals surface area contributed by atoms with Crippen molar-refractivity contribution in [1.82, 2.24) is 5.32 Å². The van der Waals surface area contributed by atoms with Gasteiger partial charge >= 0.3 is 5.97 Å². The lowest BCUT2D eigenvalue weighted by Gasteiger charge is -2.08. The molecule has 1 unspecified atom stereocenters. The second-order valence-corrected chi connectivity index (χ2v) is 3.87. The Bertz CT molecular complexity index is 401. The maximum atomic E-state index is 10.8. The second-order valence-electron chi connectivity index (χ2n) is 3.87. The van der Waals surface area contributed by atoms with Crippen LogP contribution in [0.15, 0.2) is 24.3 Å². The highest BCUT2D eigenvalue weighted by molar-refractivity contribution is 5.76. The van der Waals surface area contributed by atoms with Crippen LogP contribution in [-0.2, 0) is 16.1 Å². The summed E-state index contributed by atoms with van der Waals surface area (Å²) in [7, 11) is 0.